The Labute approximate surface area is 76.0 Å². The van der Waals surface area contributed by atoms with Crippen molar-refractivity contribution in [1.29, 1.82) is 0 Å². The van der Waals surface area contributed by atoms with Crippen LogP contribution in [0.4, 0.5) is 10.5 Å². The van der Waals surface area contributed by atoms with Crippen LogP contribution < -0.4 is 4.90 Å². The van der Waals surface area contributed by atoms with Gasteiger partial charge in [-0.15, -0.1) is 0 Å². The Bertz CT molecular complexity index is 311. The molecule has 2 N–H and O–H groups in total. The number of anilines is 1. The normalized spacial score (nSPS) is 9.69. The zero-order valence-electron chi connectivity index (χ0n) is 7.27. The molecular formula is C9H11NO3. The van der Waals surface area contributed by atoms with Gasteiger partial charge in [-0.25, -0.2) is 4.79 Å². The van der Waals surface area contributed by atoms with E-state index in [1.807, 2.05) is 0 Å². The average Bonchev–Trinajstić information content (AvgIpc) is 2.16. The van der Waals surface area contributed by atoms with Gasteiger partial charge in [0.1, 0.15) is 0 Å². The highest BCUT2D eigenvalue weighted by Crippen LogP contribution is 2.18. The van der Waals surface area contributed by atoms with E-state index in [4.69, 9.17) is 10.2 Å². The number of benzene rings is 1. The van der Waals surface area contributed by atoms with Crippen molar-refractivity contribution in [1.82, 2.24) is 0 Å². The SMILES string of the molecule is CN(C(=O)O)c1ccccc1CO. The van der Waals surface area contributed by atoms with E-state index in [1.165, 1.54) is 7.05 Å². The lowest BCUT2D eigenvalue weighted by Gasteiger charge is -2.15. The maximum atomic E-state index is 10.6. The minimum Gasteiger partial charge on any atom is -0.465 e. The van der Waals surface area contributed by atoms with Gasteiger partial charge in [0.25, 0.3) is 0 Å². The Kier molecular flexibility index (Phi) is 2.87. The van der Waals surface area contributed by atoms with Gasteiger partial charge < -0.3 is 10.2 Å². The first-order valence-electron chi connectivity index (χ1n) is 3.82. The predicted molar refractivity (Wildman–Crippen MR) is 48.8 cm³/mol. The fraction of sp³-hybridized carbons (Fsp3) is 0.222. The number of carbonyl (C=O) groups is 1. The van der Waals surface area contributed by atoms with E-state index < -0.39 is 6.09 Å². The van der Waals surface area contributed by atoms with Crippen LogP contribution in [0.25, 0.3) is 0 Å². The number of hydrogen-bond acceptors (Lipinski definition) is 2. The van der Waals surface area contributed by atoms with Crippen LogP contribution in [0.3, 0.4) is 0 Å². The molecule has 0 radical (unpaired) electrons. The lowest BCUT2D eigenvalue weighted by atomic mass is 10.2. The second-order valence-corrected chi connectivity index (χ2v) is 2.63. The van der Waals surface area contributed by atoms with E-state index in [1.54, 1.807) is 24.3 Å². The highest BCUT2D eigenvalue weighted by Gasteiger charge is 2.11. The number of aliphatic hydroxyl groups is 1. The first kappa shape index (κ1) is 9.54. The van der Waals surface area contributed by atoms with Gasteiger partial charge >= 0.3 is 6.09 Å². The minimum absolute atomic E-state index is 0.159. The maximum absolute atomic E-state index is 10.6. The van der Waals surface area contributed by atoms with Gasteiger partial charge in [-0.2, -0.15) is 0 Å². The lowest BCUT2D eigenvalue weighted by Crippen LogP contribution is -2.24. The van der Waals surface area contributed by atoms with Gasteiger partial charge in [0, 0.05) is 12.6 Å². The Morgan fingerprint density at radius 2 is 2.08 bits per heavy atom. The number of nitrogens with zero attached hydrogens (tertiary/aromatic N) is 1. The lowest BCUT2D eigenvalue weighted by molar-refractivity contribution is 0.203. The van der Waals surface area contributed by atoms with Gasteiger partial charge in [0.2, 0.25) is 0 Å². The van der Waals surface area contributed by atoms with Crippen molar-refractivity contribution >= 4 is 11.8 Å². The molecule has 0 spiro atoms. The highest BCUT2D eigenvalue weighted by molar-refractivity contribution is 5.86. The van der Waals surface area contributed by atoms with Crippen LogP contribution in [0.2, 0.25) is 0 Å². The van der Waals surface area contributed by atoms with Crippen LogP contribution >= 0.6 is 0 Å². The third-order valence-electron chi connectivity index (χ3n) is 1.81. The molecule has 1 rings (SSSR count). The van der Waals surface area contributed by atoms with Crippen molar-refractivity contribution in [2.75, 3.05) is 11.9 Å². The van der Waals surface area contributed by atoms with Crippen molar-refractivity contribution in [3.8, 4) is 0 Å². The zero-order valence-corrected chi connectivity index (χ0v) is 7.27. The van der Waals surface area contributed by atoms with Gasteiger partial charge in [-0.05, 0) is 6.07 Å². The fourth-order valence-electron chi connectivity index (χ4n) is 1.07. The molecule has 1 aromatic carbocycles. The summed E-state index contributed by atoms with van der Waals surface area (Å²) in [4.78, 5) is 11.7. The molecule has 0 aromatic heterocycles. The second-order valence-electron chi connectivity index (χ2n) is 2.63. The van der Waals surface area contributed by atoms with E-state index in [-0.39, 0.29) is 6.61 Å². The summed E-state index contributed by atoms with van der Waals surface area (Å²) < 4.78 is 0. The van der Waals surface area contributed by atoms with Crippen molar-refractivity contribution in [3.63, 3.8) is 0 Å². The van der Waals surface area contributed by atoms with Crippen LogP contribution in [-0.4, -0.2) is 23.4 Å². The molecule has 0 aliphatic rings. The molecule has 0 atom stereocenters. The molecule has 0 aliphatic carbocycles. The number of hydrogen-bond donors (Lipinski definition) is 2. The molecule has 0 unspecified atom stereocenters. The van der Waals surface area contributed by atoms with Crippen molar-refractivity contribution in [3.05, 3.63) is 29.8 Å². The maximum Gasteiger partial charge on any atom is 0.411 e. The Morgan fingerprint density at radius 3 is 2.62 bits per heavy atom. The summed E-state index contributed by atoms with van der Waals surface area (Å²) in [6.07, 6.45) is -1.04. The molecule has 0 bridgehead atoms. The monoisotopic (exact) mass is 181 g/mol. The van der Waals surface area contributed by atoms with Crippen LogP contribution in [0.5, 0.6) is 0 Å². The standard InChI is InChI=1S/C9H11NO3/c1-10(9(12)13)8-5-3-2-4-7(8)6-11/h2-5,11H,6H2,1H3,(H,12,13). The van der Waals surface area contributed by atoms with Gasteiger partial charge in [0.05, 0.1) is 12.3 Å². The van der Waals surface area contributed by atoms with Crippen molar-refractivity contribution in [2.45, 2.75) is 6.61 Å². The molecule has 13 heavy (non-hydrogen) atoms. The summed E-state index contributed by atoms with van der Waals surface area (Å²) in [5.74, 6) is 0. The molecule has 0 heterocycles. The van der Waals surface area contributed by atoms with E-state index in [9.17, 15) is 4.79 Å². The second kappa shape index (κ2) is 3.91. The summed E-state index contributed by atoms with van der Waals surface area (Å²) in [5.41, 5.74) is 1.12. The quantitative estimate of drug-likeness (QED) is 0.722. The number of rotatable bonds is 2. The topological polar surface area (TPSA) is 60.8 Å². The first-order valence-corrected chi connectivity index (χ1v) is 3.82. The largest absolute Gasteiger partial charge is 0.465 e. The summed E-state index contributed by atoms with van der Waals surface area (Å²) >= 11 is 0. The molecule has 0 saturated heterocycles. The van der Waals surface area contributed by atoms with Crippen LogP contribution in [0.15, 0.2) is 24.3 Å². The average molecular weight is 181 g/mol. The number of amides is 1. The smallest absolute Gasteiger partial charge is 0.411 e. The Hall–Kier alpha value is -1.55. The fourth-order valence-corrected chi connectivity index (χ4v) is 1.07. The summed E-state index contributed by atoms with van der Waals surface area (Å²) in [6.45, 7) is -0.159. The molecule has 0 saturated carbocycles. The molecule has 70 valence electrons. The molecule has 0 fully saturated rings. The molecule has 0 aliphatic heterocycles. The van der Waals surface area contributed by atoms with Crippen molar-refractivity contribution < 1.29 is 15.0 Å². The van der Waals surface area contributed by atoms with E-state index in [2.05, 4.69) is 0 Å². The number of para-hydroxylation sites is 1. The Morgan fingerprint density at radius 1 is 1.46 bits per heavy atom. The first-order chi connectivity index (χ1) is 6.16. The Balaban J connectivity index is 3.05. The zero-order chi connectivity index (χ0) is 9.84. The summed E-state index contributed by atoms with van der Waals surface area (Å²) in [5, 5.41) is 17.6. The predicted octanol–water partition coefficient (Wildman–Crippen LogP) is 1.29. The summed E-state index contributed by atoms with van der Waals surface area (Å²) in [6, 6.07) is 6.83. The van der Waals surface area contributed by atoms with Crippen LogP contribution in [0.1, 0.15) is 5.56 Å². The molecule has 4 nitrogen and oxygen atoms in total. The van der Waals surface area contributed by atoms with Crippen LogP contribution in [-0.2, 0) is 6.61 Å². The van der Waals surface area contributed by atoms with E-state index in [0.717, 1.165) is 4.90 Å². The number of carboxylic acid groups (broad SMARTS) is 1. The van der Waals surface area contributed by atoms with Gasteiger partial charge in [0.15, 0.2) is 0 Å². The number of aliphatic hydroxyl groups excluding tert-OH is 1. The third-order valence-corrected chi connectivity index (χ3v) is 1.81. The summed E-state index contributed by atoms with van der Waals surface area (Å²) in [7, 11) is 1.44. The molecule has 1 amide bonds. The molecular weight excluding hydrogens is 170 g/mol. The molecule has 4 heteroatoms. The van der Waals surface area contributed by atoms with Crippen molar-refractivity contribution in [2.24, 2.45) is 0 Å². The van der Waals surface area contributed by atoms with Gasteiger partial charge in [-0.1, -0.05) is 18.2 Å². The van der Waals surface area contributed by atoms with E-state index >= 15 is 0 Å². The van der Waals surface area contributed by atoms with Crippen LogP contribution in [0, 0.1) is 0 Å². The third kappa shape index (κ3) is 1.97. The van der Waals surface area contributed by atoms with E-state index in [0.29, 0.717) is 11.3 Å². The highest BCUT2D eigenvalue weighted by atomic mass is 16.4. The molecule has 1 aromatic rings. The van der Waals surface area contributed by atoms with Gasteiger partial charge in [-0.3, -0.25) is 4.90 Å². The minimum atomic E-state index is -1.04.